The predicted molar refractivity (Wildman–Crippen MR) is 65.0 cm³/mol. The van der Waals surface area contributed by atoms with Crippen LogP contribution in [0.25, 0.3) is 10.4 Å². The topological polar surface area (TPSA) is 104 Å². The largest absolute Gasteiger partial charge is 0.368 e. The highest BCUT2D eigenvalue weighted by Gasteiger charge is 2.19. The van der Waals surface area contributed by atoms with Gasteiger partial charge in [-0.2, -0.15) is 0 Å². The third kappa shape index (κ3) is 4.04. The van der Waals surface area contributed by atoms with Crippen molar-refractivity contribution in [3.8, 4) is 0 Å². The molecule has 1 amide bonds. The van der Waals surface area contributed by atoms with E-state index in [9.17, 15) is 9.18 Å². The van der Waals surface area contributed by atoms with Crippen molar-refractivity contribution in [2.24, 2.45) is 10.8 Å². The molecule has 96 valence electrons. The van der Waals surface area contributed by atoms with Crippen LogP contribution in [-0.4, -0.2) is 19.0 Å². The van der Waals surface area contributed by atoms with Crippen LogP contribution in [0, 0.1) is 5.82 Å². The van der Waals surface area contributed by atoms with Crippen molar-refractivity contribution in [3.63, 3.8) is 0 Å². The summed E-state index contributed by atoms with van der Waals surface area (Å²) in [5.74, 6) is -1.13. The summed E-state index contributed by atoms with van der Waals surface area (Å²) >= 11 is 0. The molecule has 0 heterocycles. The summed E-state index contributed by atoms with van der Waals surface area (Å²) in [5, 5.41) is 6.19. The zero-order valence-electron chi connectivity index (χ0n) is 9.71. The first kappa shape index (κ1) is 14.0. The molecule has 1 rings (SSSR count). The molecular weight excluding hydrogens is 237 g/mol. The average molecular weight is 251 g/mol. The third-order valence-corrected chi connectivity index (χ3v) is 2.35. The zero-order chi connectivity index (χ0) is 13.4. The molecule has 0 spiro atoms. The van der Waals surface area contributed by atoms with E-state index in [-0.39, 0.29) is 5.56 Å². The molecule has 0 aliphatic carbocycles. The van der Waals surface area contributed by atoms with Crippen LogP contribution in [-0.2, 0) is 4.79 Å². The maximum atomic E-state index is 13.5. The van der Waals surface area contributed by atoms with Crippen LogP contribution in [0.15, 0.2) is 29.4 Å². The Morgan fingerprint density at radius 1 is 1.56 bits per heavy atom. The molecule has 0 bridgehead atoms. The van der Waals surface area contributed by atoms with Crippen molar-refractivity contribution in [3.05, 3.63) is 46.1 Å². The highest BCUT2D eigenvalue weighted by atomic mass is 19.1. The van der Waals surface area contributed by atoms with Crippen molar-refractivity contribution in [1.29, 1.82) is 0 Å². The second-order valence-corrected chi connectivity index (χ2v) is 3.62. The van der Waals surface area contributed by atoms with Crippen LogP contribution >= 0.6 is 0 Å². The van der Waals surface area contributed by atoms with Gasteiger partial charge in [-0.15, -0.1) is 0 Å². The number of nitrogens with zero attached hydrogens (tertiary/aromatic N) is 3. The van der Waals surface area contributed by atoms with Crippen LogP contribution < -0.4 is 11.1 Å². The summed E-state index contributed by atoms with van der Waals surface area (Å²) in [7, 11) is 0. The molecule has 1 aromatic carbocycles. The Morgan fingerprint density at radius 3 is 2.89 bits per heavy atom. The lowest BCUT2D eigenvalue weighted by Crippen LogP contribution is -2.35. The first-order valence-corrected chi connectivity index (χ1v) is 5.44. The number of hydrogen-bond donors (Lipinski definition) is 2. The summed E-state index contributed by atoms with van der Waals surface area (Å²) in [6.07, 6.45) is 0.544. The smallest absolute Gasteiger partial charge is 0.239 e. The maximum Gasteiger partial charge on any atom is 0.239 e. The van der Waals surface area contributed by atoms with Gasteiger partial charge in [-0.05, 0) is 24.6 Å². The van der Waals surface area contributed by atoms with E-state index in [4.69, 9.17) is 11.3 Å². The van der Waals surface area contributed by atoms with Gasteiger partial charge in [-0.1, -0.05) is 23.3 Å². The number of nitrogens with two attached hydrogens (primary N) is 1. The number of amides is 1. The van der Waals surface area contributed by atoms with E-state index in [0.717, 1.165) is 0 Å². The standard InChI is InChI=1S/C11H14FN5O/c12-9-5-2-1-4-8(9)10(11(13)18)15-6-3-7-16-17-14/h1-2,4-5,10,15H,3,6-7H2,(H2,13,18). The van der Waals surface area contributed by atoms with Gasteiger partial charge in [-0.3, -0.25) is 4.79 Å². The number of azide groups is 1. The van der Waals surface area contributed by atoms with Gasteiger partial charge >= 0.3 is 0 Å². The van der Waals surface area contributed by atoms with Crippen LogP contribution in [0.4, 0.5) is 4.39 Å². The normalized spacial score (nSPS) is 11.6. The SMILES string of the molecule is [N-]=[N+]=NCCCNC(C(N)=O)c1ccccc1F. The average Bonchev–Trinajstić information content (AvgIpc) is 2.35. The first-order valence-electron chi connectivity index (χ1n) is 5.44. The Balaban J connectivity index is 2.64. The van der Waals surface area contributed by atoms with E-state index in [1.807, 2.05) is 0 Å². The fourth-order valence-electron chi connectivity index (χ4n) is 1.51. The highest BCUT2D eigenvalue weighted by molar-refractivity contribution is 5.81. The lowest BCUT2D eigenvalue weighted by molar-refractivity contribution is -0.120. The van der Waals surface area contributed by atoms with Crippen LogP contribution in [0.5, 0.6) is 0 Å². The number of carbonyl (C=O) groups is 1. The van der Waals surface area contributed by atoms with Gasteiger partial charge < -0.3 is 11.1 Å². The highest BCUT2D eigenvalue weighted by Crippen LogP contribution is 2.16. The molecule has 1 unspecified atom stereocenters. The summed E-state index contributed by atoms with van der Waals surface area (Å²) in [6.45, 7) is 0.715. The molecule has 1 atom stereocenters. The van der Waals surface area contributed by atoms with Crippen molar-refractivity contribution in [2.75, 3.05) is 13.1 Å². The summed E-state index contributed by atoms with van der Waals surface area (Å²) in [5.41, 5.74) is 13.5. The van der Waals surface area contributed by atoms with E-state index >= 15 is 0 Å². The van der Waals surface area contributed by atoms with Crippen molar-refractivity contribution < 1.29 is 9.18 Å². The number of benzene rings is 1. The number of primary amides is 1. The Kier molecular flexibility index (Phi) is 5.63. The third-order valence-electron chi connectivity index (χ3n) is 2.35. The molecule has 18 heavy (non-hydrogen) atoms. The van der Waals surface area contributed by atoms with E-state index in [2.05, 4.69) is 15.3 Å². The fraction of sp³-hybridized carbons (Fsp3) is 0.364. The Labute approximate surface area is 104 Å². The Hall–Kier alpha value is -2.11. The minimum atomic E-state index is -0.878. The first-order chi connectivity index (χ1) is 8.66. The lowest BCUT2D eigenvalue weighted by Gasteiger charge is -2.16. The molecule has 0 aliphatic heterocycles. The Morgan fingerprint density at radius 2 is 2.28 bits per heavy atom. The minimum Gasteiger partial charge on any atom is -0.368 e. The predicted octanol–water partition coefficient (Wildman–Crippen LogP) is 1.64. The molecule has 0 radical (unpaired) electrons. The Bertz CT molecular complexity index is 459. The van der Waals surface area contributed by atoms with Gasteiger partial charge in [0.2, 0.25) is 5.91 Å². The van der Waals surface area contributed by atoms with Crippen molar-refractivity contribution >= 4 is 5.91 Å². The van der Waals surface area contributed by atoms with Gasteiger partial charge in [0.05, 0.1) is 0 Å². The van der Waals surface area contributed by atoms with Gasteiger partial charge in [0, 0.05) is 17.0 Å². The van der Waals surface area contributed by atoms with Crippen LogP contribution in [0.3, 0.4) is 0 Å². The molecule has 0 saturated heterocycles. The number of nitrogens with one attached hydrogen (secondary N) is 1. The summed E-state index contributed by atoms with van der Waals surface area (Å²) < 4.78 is 13.5. The monoisotopic (exact) mass is 251 g/mol. The number of carbonyl (C=O) groups excluding carboxylic acids is 1. The number of rotatable bonds is 7. The molecule has 0 aliphatic rings. The summed E-state index contributed by atoms with van der Waals surface area (Å²) in [6, 6.07) is 5.07. The number of halogens is 1. The van der Waals surface area contributed by atoms with E-state index in [1.54, 1.807) is 12.1 Å². The van der Waals surface area contributed by atoms with E-state index in [1.165, 1.54) is 12.1 Å². The van der Waals surface area contributed by atoms with Gasteiger partial charge in [0.15, 0.2) is 0 Å². The molecule has 7 heteroatoms. The van der Waals surface area contributed by atoms with Gasteiger partial charge in [0.1, 0.15) is 11.9 Å². The second kappa shape index (κ2) is 7.26. The molecule has 0 saturated carbocycles. The van der Waals surface area contributed by atoms with Gasteiger partial charge in [0.25, 0.3) is 0 Å². The van der Waals surface area contributed by atoms with Crippen LogP contribution in [0.2, 0.25) is 0 Å². The fourth-order valence-corrected chi connectivity index (χ4v) is 1.51. The molecule has 0 fully saturated rings. The van der Waals surface area contributed by atoms with E-state index in [0.29, 0.717) is 19.5 Å². The molecule has 6 nitrogen and oxygen atoms in total. The molecular formula is C11H14FN5O. The summed E-state index contributed by atoms with van der Waals surface area (Å²) in [4.78, 5) is 13.9. The molecule has 1 aromatic rings. The quantitative estimate of drug-likeness (QED) is 0.333. The molecule has 0 aromatic heterocycles. The second-order valence-electron chi connectivity index (χ2n) is 3.62. The zero-order valence-corrected chi connectivity index (χ0v) is 9.71. The lowest BCUT2D eigenvalue weighted by atomic mass is 10.1. The maximum absolute atomic E-state index is 13.5. The van der Waals surface area contributed by atoms with E-state index < -0.39 is 17.8 Å². The minimum absolute atomic E-state index is 0.216. The molecule has 3 N–H and O–H groups in total. The van der Waals surface area contributed by atoms with Crippen molar-refractivity contribution in [2.45, 2.75) is 12.5 Å². The number of hydrogen-bond acceptors (Lipinski definition) is 3. The van der Waals surface area contributed by atoms with Gasteiger partial charge in [-0.25, -0.2) is 4.39 Å². The van der Waals surface area contributed by atoms with Crippen molar-refractivity contribution in [1.82, 2.24) is 5.32 Å². The van der Waals surface area contributed by atoms with Crippen LogP contribution in [0.1, 0.15) is 18.0 Å².